The van der Waals surface area contributed by atoms with Crippen molar-refractivity contribution in [3.8, 4) is 11.3 Å². The third-order valence-electron chi connectivity index (χ3n) is 6.26. The van der Waals surface area contributed by atoms with E-state index in [0.29, 0.717) is 17.4 Å². The highest BCUT2D eigenvalue weighted by atomic mass is 16.1. The van der Waals surface area contributed by atoms with Gasteiger partial charge in [-0.2, -0.15) is 0 Å². The molecule has 1 aromatic carbocycles. The van der Waals surface area contributed by atoms with Crippen molar-refractivity contribution >= 4 is 5.91 Å². The minimum Gasteiger partial charge on any atom is -0.358 e. The van der Waals surface area contributed by atoms with E-state index in [4.69, 9.17) is 0 Å². The molecule has 4 nitrogen and oxygen atoms in total. The van der Waals surface area contributed by atoms with Crippen LogP contribution in [0.3, 0.4) is 0 Å². The first-order valence-electron chi connectivity index (χ1n) is 10.6. The Balaban J connectivity index is 1.40. The van der Waals surface area contributed by atoms with Crippen molar-refractivity contribution in [2.24, 2.45) is 5.92 Å². The molecule has 3 aromatic rings. The summed E-state index contributed by atoms with van der Waals surface area (Å²) in [6.07, 6.45) is 8.23. The summed E-state index contributed by atoms with van der Waals surface area (Å²) in [5.41, 5.74) is 4.90. The minimum atomic E-state index is -0.00844. The molecule has 0 saturated heterocycles. The average molecular weight is 388 g/mol. The lowest BCUT2D eigenvalue weighted by molar-refractivity contribution is 0.0918. The lowest BCUT2D eigenvalue weighted by Crippen LogP contribution is -2.39. The lowest BCUT2D eigenvalue weighted by Gasteiger charge is -2.33. The van der Waals surface area contributed by atoms with Crippen LogP contribution < -0.4 is 5.32 Å². The number of aryl methyl sites for hydroxylation is 1. The van der Waals surface area contributed by atoms with Gasteiger partial charge in [-0.3, -0.25) is 9.78 Å². The fourth-order valence-corrected chi connectivity index (χ4v) is 4.59. The van der Waals surface area contributed by atoms with Crippen molar-refractivity contribution in [2.75, 3.05) is 0 Å². The molecule has 1 aliphatic carbocycles. The number of amides is 1. The number of rotatable bonds is 5. The summed E-state index contributed by atoms with van der Waals surface area (Å²) in [5.74, 6) is 1.17. The van der Waals surface area contributed by atoms with Crippen molar-refractivity contribution in [3.05, 3.63) is 77.7 Å². The molecule has 1 atom stereocenters. The van der Waals surface area contributed by atoms with Crippen LogP contribution in [0.4, 0.5) is 0 Å². The molecule has 1 saturated carbocycles. The number of aromatic nitrogens is 2. The zero-order valence-corrected chi connectivity index (χ0v) is 17.2. The number of carbonyl (C=O) groups excluding carboxylic acids is 1. The van der Waals surface area contributed by atoms with Crippen molar-refractivity contribution in [1.29, 1.82) is 0 Å². The molecular formula is C25H29N3O. The van der Waals surface area contributed by atoms with Crippen LogP contribution in [0.5, 0.6) is 0 Å². The second-order valence-electron chi connectivity index (χ2n) is 8.27. The van der Waals surface area contributed by atoms with Gasteiger partial charge in [0.2, 0.25) is 0 Å². The van der Waals surface area contributed by atoms with Crippen molar-refractivity contribution in [3.63, 3.8) is 0 Å². The molecule has 1 aliphatic rings. The second kappa shape index (κ2) is 8.64. The topological polar surface area (TPSA) is 57.8 Å². The van der Waals surface area contributed by atoms with Crippen LogP contribution in [0.2, 0.25) is 0 Å². The summed E-state index contributed by atoms with van der Waals surface area (Å²) in [4.78, 5) is 20.5. The van der Waals surface area contributed by atoms with Gasteiger partial charge in [0, 0.05) is 29.7 Å². The zero-order valence-electron chi connectivity index (χ0n) is 17.2. The predicted octanol–water partition coefficient (Wildman–Crippen LogP) is 5.48. The Bertz CT molecular complexity index is 941. The fraction of sp³-hybridized carbons (Fsp3) is 0.360. The predicted molar refractivity (Wildman–Crippen MR) is 117 cm³/mol. The summed E-state index contributed by atoms with van der Waals surface area (Å²) in [5, 5.41) is 3.26. The van der Waals surface area contributed by atoms with Gasteiger partial charge >= 0.3 is 0 Å². The molecule has 0 radical (unpaired) electrons. The van der Waals surface area contributed by atoms with Crippen molar-refractivity contribution < 1.29 is 4.79 Å². The molecule has 150 valence electrons. The van der Waals surface area contributed by atoms with E-state index in [-0.39, 0.29) is 11.9 Å². The number of aromatic amines is 1. The van der Waals surface area contributed by atoms with E-state index in [0.717, 1.165) is 29.8 Å². The monoisotopic (exact) mass is 387 g/mol. The van der Waals surface area contributed by atoms with E-state index < -0.39 is 0 Å². The third kappa shape index (κ3) is 4.42. The van der Waals surface area contributed by atoms with E-state index in [9.17, 15) is 4.79 Å². The number of hydrogen-bond acceptors (Lipinski definition) is 2. The van der Waals surface area contributed by atoms with Crippen LogP contribution in [0.1, 0.15) is 60.1 Å². The van der Waals surface area contributed by atoms with Crippen LogP contribution in [0.25, 0.3) is 11.3 Å². The molecule has 2 heterocycles. The van der Waals surface area contributed by atoms with E-state index in [1.807, 2.05) is 25.1 Å². The number of benzene rings is 1. The summed E-state index contributed by atoms with van der Waals surface area (Å²) < 4.78 is 0. The molecule has 1 amide bonds. The highest BCUT2D eigenvalue weighted by molar-refractivity contribution is 6.00. The van der Waals surface area contributed by atoms with Crippen molar-refractivity contribution in [2.45, 2.75) is 51.5 Å². The fourth-order valence-electron chi connectivity index (χ4n) is 4.59. The minimum absolute atomic E-state index is 0.00844. The van der Waals surface area contributed by atoms with Crippen molar-refractivity contribution in [1.82, 2.24) is 15.3 Å². The number of carbonyl (C=O) groups is 1. The van der Waals surface area contributed by atoms with Gasteiger partial charge in [-0.15, -0.1) is 0 Å². The number of H-pyrrole nitrogens is 1. The van der Waals surface area contributed by atoms with Crippen LogP contribution in [-0.2, 0) is 0 Å². The molecule has 0 spiro atoms. The molecule has 0 bridgehead atoms. The van der Waals surface area contributed by atoms with Gasteiger partial charge in [0.25, 0.3) is 5.91 Å². The van der Waals surface area contributed by atoms with Gasteiger partial charge < -0.3 is 10.3 Å². The van der Waals surface area contributed by atoms with Crippen LogP contribution in [0.15, 0.2) is 60.9 Å². The smallest absolute Gasteiger partial charge is 0.253 e. The second-order valence-corrected chi connectivity index (χ2v) is 8.27. The molecule has 4 heteroatoms. The Labute approximate surface area is 172 Å². The van der Waals surface area contributed by atoms with Gasteiger partial charge in [0.1, 0.15) is 0 Å². The molecule has 29 heavy (non-hydrogen) atoms. The standard InChI is InChI=1S/C25H29N3O/c1-17-15-23(24(27-17)22-9-6-14-26-16-22)25(29)28-18(2)19-10-12-21(13-11-19)20-7-4-3-5-8-20/h3-9,14-16,18-19,21,27H,10-13H2,1-2H3,(H,28,29)/t18-,19?,21?/m1/s1. The highest BCUT2D eigenvalue weighted by Gasteiger charge is 2.27. The largest absolute Gasteiger partial charge is 0.358 e. The first-order valence-corrected chi connectivity index (χ1v) is 10.6. The Morgan fingerprint density at radius 2 is 1.86 bits per heavy atom. The maximum Gasteiger partial charge on any atom is 0.253 e. The summed E-state index contributed by atoms with van der Waals surface area (Å²) in [6.45, 7) is 4.12. The molecule has 1 fully saturated rings. The van der Waals surface area contributed by atoms with E-state index in [2.05, 4.69) is 52.5 Å². The Kier molecular flexibility index (Phi) is 5.79. The number of pyridine rings is 1. The van der Waals surface area contributed by atoms with Gasteiger partial charge in [0.05, 0.1) is 11.3 Å². The Morgan fingerprint density at radius 3 is 2.55 bits per heavy atom. The van der Waals surface area contributed by atoms with Gasteiger partial charge in [-0.05, 0) is 75.1 Å². The number of hydrogen-bond donors (Lipinski definition) is 2. The molecule has 0 aliphatic heterocycles. The maximum absolute atomic E-state index is 13.0. The maximum atomic E-state index is 13.0. The van der Waals surface area contributed by atoms with Gasteiger partial charge in [-0.1, -0.05) is 30.3 Å². The van der Waals surface area contributed by atoms with Gasteiger partial charge in [0.15, 0.2) is 0 Å². The first-order chi connectivity index (χ1) is 14.1. The van der Waals surface area contributed by atoms with Crippen LogP contribution in [0, 0.1) is 12.8 Å². The molecule has 0 unspecified atom stereocenters. The van der Waals surface area contributed by atoms with Crippen LogP contribution in [-0.4, -0.2) is 21.9 Å². The van der Waals surface area contributed by atoms with E-state index in [1.54, 1.807) is 12.4 Å². The molecule has 4 rings (SSSR count). The highest BCUT2D eigenvalue weighted by Crippen LogP contribution is 2.37. The molecule has 2 N–H and O–H groups in total. The lowest BCUT2D eigenvalue weighted by atomic mass is 9.76. The number of nitrogens with zero attached hydrogens (tertiary/aromatic N) is 1. The zero-order chi connectivity index (χ0) is 20.2. The normalized spacial score (nSPS) is 20.2. The number of nitrogens with one attached hydrogen (secondary N) is 2. The summed E-state index contributed by atoms with van der Waals surface area (Å²) >= 11 is 0. The quantitative estimate of drug-likeness (QED) is 0.609. The third-order valence-corrected chi connectivity index (χ3v) is 6.26. The Morgan fingerprint density at radius 1 is 1.10 bits per heavy atom. The SMILES string of the molecule is Cc1cc(C(=O)N[C@H](C)C2CCC(c3ccccc3)CC2)c(-c2cccnc2)[nH]1. The average Bonchev–Trinajstić information content (AvgIpc) is 3.17. The van der Waals surface area contributed by atoms with Gasteiger partial charge in [-0.25, -0.2) is 0 Å². The first kappa shape index (κ1) is 19.4. The summed E-state index contributed by atoms with van der Waals surface area (Å²) in [6, 6.07) is 16.8. The molecule has 2 aromatic heterocycles. The molecular weight excluding hydrogens is 358 g/mol. The van der Waals surface area contributed by atoms with E-state index >= 15 is 0 Å². The van der Waals surface area contributed by atoms with Crippen LogP contribution >= 0.6 is 0 Å². The Hall–Kier alpha value is -2.88. The summed E-state index contributed by atoms with van der Waals surface area (Å²) in [7, 11) is 0. The van der Waals surface area contributed by atoms with E-state index in [1.165, 1.54) is 18.4 Å².